The lowest BCUT2D eigenvalue weighted by atomic mass is 10.3. The topological polar surface area (TPSA) is 78.5 Å². The molecule has 0 aromatic carbocycles. The van der Waals surface area contributed by atoms with Gasteiger partial charge in [0.1, 0.15) is 13.1 Å². The summed E-state index contributed by atoms with van der Waals surface area (Å²) in [5.41, 5.74) is 0. The average Bonchev–Trinajstić information content (AvgIpc) is 3.00. The molecule has 1 aliphatic carbocycles. The van der Waals surface area contributed by atoms with Crippen LogP contribution in [0.5, 0.6) is 0 Å². The van der Waals surface area contributed by atoms with Crippen molar-refractivity contribution in [1.82, 2.24) is 15.5 Å². The largest absolute Gasteiger partial charge is 0.324 e. The summed E-state index contributed by atoms with van der Waals surface area (Å²) < 4.78 is 0. The van der Waals surface area contributed by atoms with Gasteiger partial charge in [0.25, 0.3) is 0 Å². The molecule has 88 valence electrons. The molecule has 0 unspecified atom stereocenters. The van der Waals surface area contributed by atoms with Crippen molar-refractivity contribution in [2.45, 2.75) is 25.3 Å². The first kappa shape index (κ1) is 11.1. The normalized spacial score (nSPS) is 20.9. The molecule has 1 saturated heterocycles. The molecular formula is C10H15N3O3. The maximum absolute atomic E-state index is 11.6. The van der Waals surface area contributed by atoms with Crippen molar-refractivity contribution in [2.75, 3.05) is 19.6 Å². The Kier molecular flexibility index (Phi) is 3.19. The first-order valence-electron chi connectivity index (χ1n) is 5.49. The average molecular weight is 225 g/mol. The van der Waals surface area contributed by atoms with Crippen molar-refractivity contribution in [3.05, 3.63) is 0 Å². The zero-order valence-electron chi connectivity index (χ0n) is 8.99. The van der Waals surface area contributed by atoms with Gasteiger partial charge in [0, 0.05) is 19.0 Å². The molecule has 0 aromatic rings. The highest BCUT2D eigenvalue weighted by Crippen LogP contribution is 2.18. The van der Waals surface area contributed by atoms with Gasteiger partial charge in [0.05, 0.1) is 0 Å². The number of nitrogens with one attached hydrogen (secondary N) is 2. The van der Waals surface area contributed by atoms with Crippen LogP contribution in [0.25, 0.3) is 0 Å². The van der Waals surface area contributed by atoms with E-state index in [-0.39, 0.29) is 19.0 Å². The number of carbonyl (C=O) groups excluding carboxylic acids is 3. The summed E-state index contributed by atoms with van der Waals surface area (Å²) in [5.74, 6) is -0.948. The highest BCUT2D eigenvalue weighted by molar-refractivity contribution is 6.02. The SMILES string of the molecule is O=C1CN(C(=O)CCNC2CC2)CC(=O)N1. The van der Waals surface area contributed by atoms with Gasteiger partial charge in [0.15, 0.2) is 0 Å². The highest BCUT2D eigenvalue weighted by atomic mass is 16.2. The van der Waals surface area contributed by atoms with E-state index in [4.69, 9.17) is 0 Å². The zero-order valence-corrected chi connectivity index (χ0v) is 8.99. The van der Waals surface area contributed by atoms with Gasteiger partial charge in [-0.2, -0.15) is 0 Å². The van der Waals surface area contributed by atoms with Crippen molar-refractivity contribution in [1.29, 1.82) is 0 Å². The third kappa shape index (κ3) is 3.03. The van der Waals surface area contributed by atoms with Gasteiger partial charge in [-0.1, -0.05) is 0 Å². The fraction of sp³-hybridized carbons (Fsp3) is 0.700. The lowest BCUT2D eigenvalue weighted by molar-refractivity contribution is -0.145. The van der Waals surface area contributed by atoms with Gasteiger partial charge in [-0.3, -0.25) is 19.7 Å². The second-order valence-electron chi connectivity index (χ2n) is 4.20. The van der Waals surface area contributed by atoms with Crippen LogP contribution in [-0.4, -0.2) is 48.3 Å². The molecule has 0 aromatic heterocycles. The minimum absolute atomic E-state index is 0.00595. The first-order valence-corrected chi connectivity index (χ1v) is 5.49. The van der Waals surface area contributed by atoms with Crippen molar-refractivity contribution in [3.8, 4) is 0 Å². The first-order chi connectivity index (χ1) is 7.65. The fourth-order valence-electron chi connectivity index (χ4n) is 1.64. The third-order valence-corrected chi connectivity index (χ3v) is 2.65. The Hall–Kier alpha value is -1.43. The molecule has 6 nitrogen and oxygen atoms in total. The van der Waals surface area contributed by atoms with E-state index >= 15 is 0 Å². The molecule has 1 heterocycles. The van der Waals surface area contributed by atoms with Crippen LogP contribution < -0.4 is 10.6 Å². The Morgan fingerprint density at radius 1 is 1.31 bits per heavy atom. The van der Waals surface area contributed by atoms with Gasteiger partial charge in [-0.15, -0.1) is 0 Å². The van der Waals surface area contributed by atoms with Crippen LogP contribution in [0.2, 0.25) is 0 Å². The second kappa shape index (κ2) is 4.61. The molecular weight excluding hydrogens is 210 g/mol. The molecule has 0 atom stereocenters. The number of hydrogen-bond acceptors (Lipinski definition) is 4. The van der Waals surface area contributed by atoms with Crippen LogP contribution >= 0.6 is 0 Å². The van der Waals surface area contributed by atoms with Crippen molar-refractivity contribution >= 4 is 17.7 Å². The molecule has 0 spiro atoms. The van der Waals surface area contributed by atoms with E-state index in [2.05, 4.69) is 10.6 Å². The number of imide groups is 1. The molecule has 2 rings (SSSR count). The second-order valence-corrected chi connectivity index (χ2v) is 4.20. The molecule has 16 heavy (non-hydrogen) atoms. The Bertz CT molecular complexity index is 309. The van der Waals surface area contributed by atoms with Crippen LogP contribution in [0.1, 0.15) is 19.3 Å². The standard InChI is InChI=1S/C10H15N3O3/c14-8-5-13(6-9(15)12-8)10(16)3-4-11-7-1-2-7/h7,11H,1-6H2,(H,12,14,15). The maximum atomic E-state index is 11.6. The summed E-state index contributed by atoms with van der Waals surface area (Å²) in [7, 11) is 0. The molecule has 0 radical (unpaired) electrons. The lowest BCUT2D eigenvalue weighted by Crippen LogP contribution is -2.53. The molecule has 1 saturated carbocycles. The number of amides is 3. The van der Waals surface area contributed by atoms with Crippen LogP contribution in [0.4, 0.5) is 0 Å². The van der Waals surface area contributed by atoms with Gasteiger partial charge in [0.2, 0.25) is 17.7 Å². The molecule has 3 amide bonds. The number of nitrogens with zero attached hydrogens (tertiary/aromatic N) is 1. The maximum Gasteiger partial charge on any atom is 0.246 e. The molecule has 1 aliphatic heterocycles. The van der Waals surface area contributed by atoms with E-state index in [1.807, 2.05) is 0 Å². The molecule has 2 N–H and O–H groups in total. The predicted octanol–water partition coefficient (Wildman–Crippen LogP) is -1.39. The third-order valence-electron chi connectivity index (χ3n) is 2.65. The van der Waals surface area contributed by atoms with Crippen molar-refractivity contribution < 1.29 is 14.4 Å². The van der Waals surface area contributed by atoms with E-state index in [0.717, 1.165) is 0 Å². The van der Waals surface area contributed by atoms with Crippen LogP contribution in [0.15, 0.2) is 0 Å². The van der Waals surface area contributed by atoms with E-state index in [1.165, 1.54) is 17.7 Å². The van der Waals surface area contributed by atoms with E-state index in [9.17, 15) is 14.4 Å². The summed E-state index contributed by atoms with van der Waals surface area (Å²) in [6, 6.07) is 0.569. The Morgan fingerprint density at radius 3 is 2.50 bits per heavy atom. The molecule has 6 heteroatoms. The predicted molar refractivity (Wildman–Crippen MR) is 55.4 cm³/mol. The van der Waals surface area contributed by atoms with Gasteiger partial charge < -0.3 is 10.2 Å². The van der Waals surface area contributed by atoms with E-state index in [1.54, 1.807) is 0 Å². The van der Waals surface area contributed by atoms with E-state index < -0.39 is 11.8 Å². The smallest absolute Gasteiger partial charge is 0.246 e. The van der Waals surface area contributed by atoms with Gasteiger partial charge >= 0.3 is 0 Å². The van der Waals surface area contributed by atoms with Crippen molar-refractivity contribution in [2.24, 2.45) is 0 Å². The number of rotatable bonds is 4. The van der Waals surface area contributed by atoms with Crippen molar-refractivity contribution in [3.63, 3.8) is 0 Å². The minimum atomic E-state index is -0.403. The summed E-state index contributed by atoms with van der Waals surface area (Å²) >= 11 is 0. The Labute approximate surface area is 93.4 Å². The van der Waals surface area contributed by atoms with E-state index in [0.29, 0.717) is 19.0 Å². The minimum Gasteiger partial charge on any atom is -0.324 e. The summed E-state index contributed by atoms with van der Waals surface area (Å²) in [5, 5.41) is 5.38. The molecule has 2 aliphatic rings. The zero-order chi connectivity index (χ0) is 11.5. The van der Waals surface area contributed by atoms with Gasteiger partial charge in [-0.05, 0) is 12.8 Å². The van der Waals surface area contributed by atoms with Gasteiger partial charge in [-0.25, -0.2) is 0 Å². The summed E-state index contributed by atoms with van der Waals surface area (Å²) in [6.07, 6.45) is 2.70. The molecule has 0 bridgehead atoms. The highest BCUT2D eigenvalue weighted by Gasteiger charge is 2.26. The van der Waals surface area contributed by atoms with Crippen LogP contribution in [-0.2, 0) is 14.4 Å². The Balaban J connectivity index is 1.74. The Morgan fingerprint density at radius 2 is 1.94 bits per heavy atom. The summed E-state index contributed by atoms with van der Waals surface area (Å²) in [6.45, 7) is 0.609. The van der Waals surface area contributed by atoms with Crippen LogP contribution in [0.3, 0.4) is 0 Å². The number of carbonyl (C=O) groups is 3. The lowest BCUT2D eigenvalue weighted by Gasteiger charge is -2.25. The fourth-order valence-corrected chi connectivity index (χ4v) is 1.64. The summed E-state index contributed by atoms with van der Waals surface area (Å²) in [4.78, 5) is 35.0. The molecule has 2 fully saturated rings. The monoisotopic (exact) mass is 225 g/mol. The number of piperazine rings is 1. The van der Waals surface area contributed by atoms with Crippen LogP contribution in [0, 0.1) is 0 Å². The quantitative estimate of drug-likeness (QED) is 0.578. The number of hydrogen-bond donors (Lipinski definition) is 2.